The van der Waals surface area contributed by atoms with Gasteiger partial charge in [0.15, 0.2) is 0 Å². The molecule has 2 N–H and O–H groups in total. The van der Waals surface area contributed by atoms with Crippen LogP contribution >= 0.6 is 15.9 Å². The average molecular weight is 314 g/mol. The predicted octanol–water partition coefficient (Wildman–Crippen LogP) is 2.67. The van der Waals surface area contributed by atoms with E-state index in [1.807, 2.05) is 6.07 Å². The van der Waals surface area contributed by atoms with Gasteiger partial charge in [0.2, 0.25) is 0 Å². The number of nitrogens with two attached hydrogens (primary N) is 1. The minimum atomic E-state index is -0.329. The fourth-order valence-corrected chi connectivity index (χ4v) is 2.79. The quantitative estimate of drug-likeness (QED) is 0.688. The molecule has 2 rings (SSSR count). The summed E-state index contributed by atoms with van der Waals surface area (Å²) in [5.41, 5.74) is 6.59. The first-order chi connectivity index (χ1) is 8.63. The molecule has 1 aliphatic rings. The zero-order valence-corrected chi connectivity index (χ0v) is 11.6. The third kappa shape index (κ3) is 2.64. The van der Waals surface area contributed by atoms with Crippen molar-refractivity contribution < 1.29 is 4.92 Å². The molecule has 0 aromatic heterocycles. The zero-order valence-electron chi connectivity index (χ0n) is 10.0. The van der Waals surface area contributed by atoms with Gasteiger partial charge in [-0.3, -0.25) is 10.1 Å². The Bertz CT molecular complexity index is 453. The number of nitro groups is 1. The molecule has 0 saturated carbocycles. The fraction of sp³-hybridized carbons (Fsp3) is 0.500. The van der Waals surface area contributed by atoms with Crippen molar-refractivity contribution in [2.45, 2.75) is 25.3 Å². The maximum absolute atomic E-state index is 11.1. The average Bonchev–Trinajstić information content (AvgIpc) is 2.38. The molecule has 18 heavy (non-hydrogen) atoms. The highest BCUT2D eigenvalue weighted by molar-refractivity contribution is 9.10. The largest absolute Gasteiger partial charge is 0.362 e. The Labute approximate surface area is 114 Å². The molecule has 1 aromatic carbocycles. The number of nitrogens with zero attached hydrogens (tertiary/aromatic N) is 2. The van der Waals surface area contributed by atoms with Gasteiger partial charge in [-0.25, -0.2) is 0 Å². The van der Waals surface area contributed by atoms with E-state index in [4.69, 9.17) is 5.73 Å². The standard InChI is InChI=1S/C12H16BrN3O2/c13-9-4-5-11(16(17)18)12(7-9)15-6-2-1-3-10(15)8-14/h4-5,7,10H,1-3,6,8,14H2. The van der Waals surface area contributed by atoms with E-state index >= 15 is 0 Å². The summed E-state index contributed by atoms with van der Waals surface area (Å²) in [6.45, 7) is 1.36. The molecule has 0 amide bonds. The molecule has 0 aliphatic carbocycles. The molecular formula is C12H16BrN3O2. The first-order valence-corrected chi connectivity index (χ1v) is 6.83. The van der Waals surface area contributed by atoms with Crippen LogP contribution in [0.4, 0.5) is 11.4 Å². The normalized spacial score (nSPS) is 19.9. The predicted molar refractivity (Wildman–Crippen MR) is 74.8 cm³/mol. The van der Waals surface area contributed by atoms with Crippen molar-refractivity contribution >= 4 is 27.3 Å². The van der Waals surface area contributed by atoms with Crippen LogP contribution in [0.3, 0.4) is 0 Å². The van der Waals surface area contributed by atoms with Gasteiger partial charge in [0, 0.05) is 29.7 Å². The number of hydrogen-bond acceptors (Lipinski definition) is 4. The third-order valence-electron chi connectivity index (χ3n) is 3.34. The van der Waals surface area contributed by atoms with Crippen LogP contribution in [0.5, 0.6) is 0 Å². The van der Waals surface area contributed by atoms with Crippen molar-refractivity contribution in [2.24, 2.45) is 5.73 Å². The second kappa shape index (κ2) is 5.67. The number of hydrogen-bond donors (Lipinski definition) is 1. The molecule has 0 bridgehead atoms. The van der Waals surface area contributed by atoms with Crippen molar-refractivity contribution in [1.29, 1.82) is 0 Å². The van der Waals surface area contributed by atoms with E-state index < -0.39 is 0 Å². The molecule has 6 heteroatoms. The molecular weight excluding hydrogens is 298 g/mol. The SMILES string of the molecule is NCC1CCCCN1c1cc(Br)ccc1[N+](=O)[O-]. The summed E-state index contributed by atoms with van der Waals surface area (Å²) >= 11 is 3.37. The summed E-state index contributed by atoms with van der Waals surface area (Å²) < 4.78 is 0.851. The summed E-state index contributed by atoms with van der Waals surface area (Å²) in [4.78, 5) is 12.8. The molecule has 0 spiro atoms. The molecule has 1 fully saturated rings. The van der Waals surface area contributed by atoms with E-state index in [1.165, 1.54) is 0 Å². The monoisotopic (exact) mass is 313 g/mol. The molecule has 1 saturated heterocycles. The highest BCUT2D eigenvalue weighted by atomic mass is 79.9. The van der Waals surface area contributed by atoms with Gasteiger partial charge in [0.25, 0.3) is 5.69 Å². The second-order valence-electron chi connectivity index (χ2n) is 4.47. The van der Waals surface area contributed by atoms with Gasteiger partial charge in [-0.2, -0.15) is 0 Å². The second-order valence-corrected chi connectivity index (χ2v) is 5.38. The Morgan fingerprint density at radius 1 is 1.50 bits per heavy atom. The zero-order chi connectivity index (χ0) is 13.1. The van der Waals surface area contributed by atoms with Crippen LogP contribution in [-0.4, -0.2) is 24.1 Å². The summed E-state index contributed by atoms with van der Waals surface area (Å²) in [7, 11) is 0. The van der Waals surface area contributed by atoms with Crippen molar-refractivity contribution in [3.05, 3.63) is 32.8 Å². The maximum Gasteiger partial charge on any atom is 0.292 e. The topological polar surface area (TPSA) is 72.4 Å². The number of benzene rings is 1. The van der Waals surface area contributed by atoms with Crippen LogP contribution in [-0.2, 0) is 0 Å². The van der Waals surface area contributed by atoms with Crippen LogP contribution in [0, 0.1) is 10.1 Å². The fourth-order valence-electron chi connectivity index (χ4n) is 2.44. The van der Waals surface area contributed by atoms with Crippen LogP contribution in [0.25, 0.3) is 0 Å². The van der Waals surface area contributed by atoms with Gasteiger partial charge in [0.05, 0.1) is 4.92 Å². The Morgan fingerprint density at radius 2 is 2.28 bits per heavy atom. The van der Waals surface area contributed by atoms with Crippen LogP contribution in [0.1, 0.15) is 19.3 Å². The minimum absolute atomic E-state index is 0.151. The number of piperidine rings is 1. The summed E-state index contributed by atoms with van der Waals surface area (Å²) in [5, 5.41) is 11.1. The van der Waals surface area contributed by atoms with Gasteiger partial charge < -0.3 is 10.6 Å². The van der Waals surface area contributed by atoms with Crippen molar-refractivity contribution in [3.8, 4) is 0 Å². The van der Waals surface area contributed by atoms with Crippen molar-refractivity contribution in [2.75, 3.05) is 18.0 Å². The van der Waals surface area contributed by atoms with E-state index in [2.05, 4.69) is 20.8 Å². The van der Waals surface area contributed by atoms with E-state index in [0.29, 0.717) is 12.2 Å². The lowest BCUT2D eigenvalue weighted by Crippen LogP contribution is -2.44. The number of rotatable bonds is 3. The Balaban J connectivity index is 2.41. The van der Waals surface area contributed by atoms with Gasteiger partial charge in [0.1, 0.15) is 5.69 Å². The molecule has 1 aliphatic heterocycles. The Morgan fingerprint density at radius 3 is 2.94 bits per heavy atom. The highest BCUT2D eigenvalue weighted by Crippen LogP contribution is 2.34. The van der Waals surface area contributed by atoms with Crippen LogP contribution < -0.4 is 10.6 Å². The van der Waals surface area contributed by atoms with Gasteiger partial charge in [-0.15, -0.1) is 0 Å². The molecule has 0 radical (unpaired) electrons. The third-order valence-corrected chi connectivity index (χ3v) is 3.84. The van der Waals surface area contributed by atoms with Gasteiger partial charge >= 0.3 is 0 Å². The van der Waals surface area contributed by atoms with Gasteiger partial charge in [-0.05, 0) is 31.4 Å². The van der Waals surface area contributed by atoms with Crippen LogP contribution in [0.15, 0.2) is 22.7 Å². The van der Waals surface area contributed by atoms with Crippen LogP contribution in [0.2, 0.25) is 0 Å². The van der Waals surface area contributed by atoms with E-state index in [0.717, 1.165) is 30.3 Å². The first kappa shape index (κ1) is 13.3. The summed E-state index contributed by atoms with van der Waals surface area (Å²) in [6, 6.07) is 5.25. The lowest BCUT2D eigenvalue weighted by molar-refractivity contribution is -0.384. The smallest absolute Gasteiger partial charge is 0.292 e. The molecule has 1 heterocycles. The number of anilines is 1. The number of nitro benzene ring substituents is 1. The summed E-state index contributed by atoms with van der Waals surface area (Å²) in [6.07, 6.45) is 3.19. The van der Waals surface area contributed by atoms with Crippen molar-refractivity contribution in [3.63, 3.8) is 0 Å². The molecule has 1 unspecified atom stereocenters. The van der Waals surface area contributed by atoms with Crippen molar-refractivity contribution in [1.82, 2.24) is 0 Å². The van der Waals surface area contributed by atoms with E-state index in [-0.39, 0.29) is 16.7 Å². The highest BCUT2D eigenvalue weighted by Gasteiger charge is 2.27. The lowest BCUT2D eigenvalue weighted by Gasteiger charge is -2.36. The summed E-state index contributed by atoms with van der Waals surface area (Å²) in [5.74, 6) is 0. The van der Waals surface area contributed by atoms with E-state index in [1.54, 1.807) is 12.1 Å². The van der Waals surface area contributed by atoms with Gasteiger partial charge in [-0.1, -0.05) is 15.9 Å². The maximum atomic E-state index is 11.1. The molecule has 98 valence electrons. The molecule has 1 atom stereocenters. The molecule has 5 nitrogen and oxygen atoms in total. The molecule has 1 aromatic rings. The first-order valence-electron chi connectivity index (χ1n) is 6.04. The lowest BCUT2D eigenvalue weighted by atomic mass is 10.0. The minimum Gasteiger partial charge on any atom is -0.362 e. The van der Waals surface area contributed by atoms with E-state index in [9.17, 15) is 10.1 Å². The number of halogens is 1. The Kier molecular flexibility index (Phi) is 4.19. The Hall–Kier alpha value is -1.14.